The van der Waals surface area contributed by atoms with Gasteiger partial charge in [0.25, 0.3) is 0 Å². The minimum atomic E-state index is -0.181. The predicted molar refractivity (Wildman–Crippen MR) is 56.2 cm³/mol. The van der Waals surface area contributed by atoms with Crippen molar-refractivity contribution in [3.05, 3.63) is 0 Å². The largest absolute Gasteiger partial charge is 0.390 e. The molecular weight excluding hydrogens is 176 g/mol. The van der Waals surface area contributed by atoms with Gasteiger partial charge in [-0.2, -0.15) is 0 Å². The molecule has 1 N–H and O–H groups in total. The van der Waals surface area contributed by atoms with E-state index in [1.807, 2.05) is 0 Å². The molecule has 2 rings (SSSR count). The lowest BCUT2D eigenvalue weighted by Gasteiger charge is -2.08. The molecule has 0 aromatic heterocycles. The van der Waals surface area contributed by atoms with Gasteiger partial charge in [-0.05, 0) is 12.8 Å². The zero-order chi connectivity index (χ0) is 9.80. The van der Waals surface area contributed by atoms with E-state index >= 15 is 0 Å². The molecule has 0 radical (unpaired) electrons. The molecule has 0 aromatic carbocycles. The third kappa shape index (κ3) is 2.96. The van der Waals surface area contributed by atoms with Gasteiger partial charge in [0.05, 0.1) is 12.2 Å². The molecule has 2 nitrogen and oxygen atoms in total. The molecular formula is C12H22O2. The second-order valence-corrected chi connectivity index (χ2v) is 4.76. The van der Waals surface area contributed by atoms with Crippen molar-refractivity contribution in [3.8, 4) is 0 Å². The molecule has 2 fully saturated rings. The van der Waals surface area contributed by atoms with Gasteiger partial charge in [-0.15, -0.1) is 0 Å². The van der Waals surface area contributed by atoms with Crippen molar-refractivity contribution in [1.29, 1.82) is 0 Å². The lowest BCUT2D eigenvalue weighted by Crippen LogP contribution is -2.16. The fraction of sp³-hybridized carbons (Fsp3) is 1.00. The number of rotatable bonds is 0. The van der Waals surface area contributed by atoms with E-state index in [0.29, 0.717) is 6.10 Å². The third-order valence-corrected chi connectivity index (χ3v) is 3.49. The van der Waals surface area contributed by atoms with E-state index in [1.165, 1.54) is 51.4 Å². The van der Waals surface area contributed by atoms with Crippen molar-refractivity contribution >= 4 is 0 Å². The topological polar surface area (TPSA) is 32.8 Å². The minimum absolute atomic E-state index is 0.181. The first-order chi connectivity index (χ1) is 6.88. The molecule has 1 heterocycles. The highest BCUT2D eigenvalue weighted by Crippen LogP contribution is 2.32. The summed E-state index contributed by atoms with van der Waals surface area (Å²) in [6, 6.07) is 0. The van der Waals surface area contributed by atoms with Gasteiger partial charge >= 0.3 is 0 Å². The molecule has 14 heavy (non-hydrogen) atoms. The Labute approximate surface area is 86.6 Å². The third-order valence-electron chi connectivity index (χ3n) is 3.49. The summed E-state index contributed by atoms with van der Waals surface area (Å²) in [5, 5.41) is 9.78. The van der Waals surface area contributed by atoms with Gasteiger partial charge in [-0.25, -0.2) is 0 Å². The number of hydrogen-bond donors (Lipinski definition) is 1. The van der Waals surface area contributed by atoms with E-state index in [-0.39, 0.29) is 12.2 Å². The fourth-order valence-electron chi connectivity index (χ4n) is 2.47. The van der Waals surface area contributed by atoms with E-state index in [4.69, 9.17) is 4.74 Å². The lowest BCUT2D eigenvalue weighted by atomic mass is 10.00. The van der Waals surface area contributed by atoms with Crippen molar-refractivity contribution in [2.24, 2.45) is 0 Å². The van der Waals surface area contributed by atoms with Crippen LogP contribution in [0.15, 0.2) is 0 Å². The molecule has 82 valence electrons. The van der Waals surface area contributed by atoms with Crippen molar-refractivity contribution in [3.63, 3.8) is 0 Å². The second kappa shape index (κ2) is 5.13. The van der Waals surface area contributed by atoms with Crippen LogP contribution in [0.25, 0.3) is 0 Å². The molecule has 0 bridgehead atoms. The van der Waals surface area contributed by atoms with Gasteiger partial charge in [0.1, 0.15) is 6.10 Å². The maximum atomic E-state index is 9.78. The average molecular weight is 198 g/mol. The monoisotopic (exact) mass is 198 g/mol. The maximum Gasteiger partial charge on any atom is 0.110 e. The van der Waals surface area contributed by atoms with Crippen molar-refractivity contribution in [2.45, 2.75) is 76.1 Å². The van der Waals surface area contributed by atoms with Crippen LogP contribution in [0.5, 0.6) is 0 Å². The quantitative estimate of drug-likeness (QED) is 0.607. The van der Waals surface area contributed by atoms with E-state index in [2.05, 4.69) is 0 Å². The Balaban J connectivity index is 1.74. The lowest BCUT2D eigenvalue weighted by molar-refractivity contribution is 0.123. The SMILES string of the molecule is OC1CCCCCCCCC[C@H]2O[C@@H]12. The molecule has 1 unspecified atom stereocenters. The van der Waals surface area contributed by atoms with Crippen LogP contribution in [0.2, 0.25) is 0 Å². The zero-order valence-corrected chi connectivity index (χ0v) is 8.95. The van der Waals surface area contributed by atoms with Crippen LogP contribution in [0.1, 0.15) is 57.8 Å². The molecule has 0 amide bonds. The molecule has 1 aliphatic carbocycles. The first-order valence-corrected chi connectivity index (χ1v) is 6.21. The van der Waals surface area contributed by atoms with Crippen LogP contribution >= 0.6 is 0 Å². The Hall–Kier alpha value is -0.0800. The Bertz CT molecular complexity index is 170. The number of aliphatic hydroxyl groups excluding tert-OH is 1. The van der Waals surface area contributed by atoms with Crippen molar-refractivity contribution in [2.75, 3.05) is 0 Å². The first-order valence-electron chi connectivity index (χ1n) is 6.21. The summed E-state index contributed by atoms with van der Waals surface area (Å²) >= 11 is 0. The summed E-state index contributed by atoms with van der Waals surface area (Å²) in [7, 11) is 0. The molecule has 0 aromatic rings. The number of hydrogen-bond acceptors (Lipinski definition) is 2. The molecule has 0 spiro atoms. The zero-order valence-electron chi connectivity index (χ0n) is 8.95. The maximum absolute atomic E-state index is 9.78. The molecule has 2 aliphatic rings. The summed E-state index contributed by atoms with van der Waals surface area (Å²) in [5.74, 6) is 0. The standard InChI is InChI=1S/C12H22O2/c13-10-8-6-4-2-1-3-5-7-9-11-12(10)14-11/h10-13H,1-9H2/t10?,11-,12+/m1/s1. The van der Waals surface area contributed by atoms with Gasteiger partial charge in [0.2, 0.25) is 0 Å². The number of ether oxygens (including phenoxy) is 1. The van der Waals surface area contributed by atoms with Crippen LogP contribution < -0.4 is 0 Å². The molecule has 1 saturated carbocycles. The summed E-state index contributed by atoms with van der Waals surface area (Å²) in [4.78, 5) is 0. The molecule has 2 heteroatoms. The van der Waals surface area contributed by atoms with Gasteiger partial charge < -0.3 is 9.84 Å². The second-order valence-electron chi connectivity index (χ2n) is 4.76. The van der Waals surface area contributed by atoms with Crippen LogP contribution in [0.3, 0.4) is 0 Å². The fourth-order valence-corrected chi connectivity index (χ4v) is 2.47. The number of epoxide rings is 1. The van der Waals surface area contributed by atoms with E-state index in [0.717, 1.165) is 6.42 Å². The van der Waals surface area contributed by atoms with Gasteiger partial charge in [-0.3, -0.25) is 0 Å². The van der Waals surface area contributed by atoms with Gasteiger partial charge in [0, 0.05) is 0 Å². The van der Waals surface area contributed by atoms with Crippen molar-refractivity contribution < 1.29 is 9.84 Å². The van der Waals surface area contributed by atoms with E-state index in [1.54, 1.807) is 0 Å². The Morgan fingerprint density at radius 1 is 0.786 bits per heavy atom. The highest BCUT2D eigenvalue weighted by Gasteiger charge is 2.43. The van der Waals surface area contributed by atoms with Crippen molar-refractivity contribution in [1.82, 2.24) is 0 Å². The first kappa shape index (κ1) is 10.4. The number of fused-ring (bicyclic) bond motifs is 1. The predicted octanol–water partition coefficient (Wildman–Crippen LogP) is 2.64. The van der Waals surface area contributed by atoms with Gasteiger partial charge in [0.15, 0.2) is 0 Å². The normalized spacial score (nSPS) is 40.5. The number of aliphatic hydroxyl groups is 1. The smallest absolute Gasteiger partial charge is 0.110 e. The van der Waals surface area contributed by atoms with Crippen LogP contribution in [0, 0.1) is 0 Å². The average Bonchev–Trinajstić information content (AvgIpc) is 2.92. The summed E-state index contributed by atoms with van der Waals surface area (Å²) in [6.07, 6.45) is 11.7. The molecule has 1 saturated heterocycles. The Morgan fingerprint density at radius 2 is 1.36 bits per heavy atom. The Morgan fingerprint density at radius 3 is 2.07 bits per heavy atom. The van der Waals surface area contributed by atoms with Crippen LogP contribution in [0.4, 0.5) is 0 Å². The van der Waals surface area contributed by atoms with Gasteiger partial charge in [-0.1, -0.05) is 44.9 Å². The van der Waals surface area contributed by atoms with E-state index < -0.39 is 0 Å². The summed E-state index contributed by atoms with van der Waals surface area (Å²) in [6.45, 7) is 0. The van der Waals surface area contributed by atoms with Crippen LogP contribution in [-0.2, 0) is 4.74 Å². The Kier molecular flexibility index (Phi) is 3.82. The summed E-state index contributed by atoms with van der Waals surface area (Å²) in [5.41, 5.74) is 0. The highest BCUT2D eigenvalue weighted by atomic mass is 16.6. The summed E-state index contributed by atoms with van der Waals surface area (Å²) < 4.78 is 5.49. The highest BCUT2D eigenvalue weighted by molar-refractivity contribution is 4.90. The van der Waals surface area contributed by atoms with E-state index in [9.17, 15) is 5.11 Å². The molecule has 1 aliphatic heterocycles. The van der Waals surface area contributed by atoms with Crippen LogP contribution in [-0.4, -0.2) is 23.4 Å². The molecule has 3 atom stereocenters. The minimum Gasteiger partial charge on any atom is -0.390 e.